The number of hydrogen-bond donors (Lipinski definition) is 2. The zero-order valence-electron chi connectivity index (χ0n) is 11.9. The highest BCUT2D eigenvalue weighted by Gasteiger charge is 2.23. The van der Waals surface area contributed by atoms with Crippen molar-refractivity contribution in [3.63, 3.8) is 0 Å². The molecule has 0 saturated carbocycles. The molecule has 2 N–H and O–H groups in total. The third kappa shape index (κ3) is 4.48. The van der Waals surface area contributed by atoms with Crippen molar-refractivity contribution in [1.82, 2.24) is 4.72 Å². The monoisotopic (exact) mass is 325 g/mol. The molecule has 1 fully saturated rings. The minimum absolute atomic E-state index is 0.000308. The normalized spacial score (nSPS) is 18.9. The average Bonchev–Trinajstić information content (AvgIpc) is 2.47. The van der Waals surface area contributed by atoms with Crippen LogP contribution < -0.4 is 4.72 Å². The van der Waals surface area contributed by atoms with Gasteiger partial charge in [-0.3, -0.25) is 0 Å². The van der Waals surface area contributed by atoms with Gasteiger partial charge in [-0.1, -0.05) is 17.9 Å². The third-order valence-electron chi connectivity index (χ3n) is 3.27. The van der Waals surface area contributed by atoms with E-state index in [4.69, 9.17) is 5.11 Å². The van der Waals surface area contributed by atoms with Crippen LogP contribution in [0.15, 0.2) is 23.1 Å². The molecule has 1 aliphatic rings. The topological polar surface area (TPSA) is 66.4 Å². The molecule has 1 saturated heterocycles. The molecule has 6 heteroatoms. The number of rotatable bonds is 3. The molecule has 1 aliphatic heterocycles. The molecule has 0 radical (unpaired) electrons. The molecule has 0 aliphatic carbocycles. The van der Waals surface area contributed by atoms with Gasteiger partial charge in [-0.2, -0.15) is 11.8 Å². The Morgan fingerprint density at radius 3 is 2.95 bits per heavy atom. The summed E-state index contributed by atoms with van der Waals surface area (Å²) in [5.41, 5.74) is 1.29. The van der Waals surface area contributed by atoms with Gasteiger partial charge in [-0.25, -0.2) is 13.1 Å². The van der Waals surface area contributed by atoms with Crippen molar-refractivity contribution in [2.75, 3.05) is 18.1 Å². The minimum Gasteiger partial charge on any atom is -0.384 e. The number of aliphatic hydroxyl groups is 1. The molecule has 2 rings (SSSR count). The van der Waals surface area contributed by atoms with Gasteiger partial charge in [0.05, 0.1) is 4.90 Å². The molecular weight excluding hydrogens is 306 g/mol. The van der Waals surface area contributed by atoms with Gasteiger partial charge >= 0.3 is 0 Å². The number of nitrogens with one attached hydrogen (secondary N) is 1. The number of benzene rings is 1. The van der Waals surface area contributed by atoms with Gasteiger partial charge < -0.3 is 5.11 Å². The summed E-state index contributed by atoms with van der Waals surface area (Å²) in [6.45, 7) is 1.53. The first-order valence-electron chi connectivity index (χ1n) is 6.83. The molecule has 1 aromatic carbocycles. The van der Waals surface area contributed by atoms with E-state index in [2.05, 4.69) is 16.6 Å². The first kappa shape index (κ1) is 16.4. The first-order chi connectivity index (χ1) is 10.0. The highest BCUT2D eigenvalue weighted by Crippen LogP contribution is 2.21. The lowest BCUT2D eigenvalue weighted by Crippen LogP contribution is -2.38. The maximum absolute atomic E-state index is 12.5. The second-order valence-electron chi connectivity index (χ2n) is 4.98. The van der Waals surface area contributed by atoms with E-state index in [1.54, 1.807) is 36.9 Å². The van der Waals surface area contributed by atoms with Crippen LogP contribution in [-0.4, -0.2) is 37.7 Å². The first-order valence-corrected chi connectivity index (χ1v) is 9.47. The minimum atomic E-state index is -3.53. The van der Waals surface area contributed by atoms with Crippen molar-refractivity contribution < 1.29 is 13.5 Å². The molecule has 21 heavy (non-hydrogen) atoms. The van der Waals surface area contributed by atoms with Crippen molar-refractivity contribution in [3.05, 3.63) is 29.3 Å². The fourth-order valence-electron chi connectivity index (χ4n) is 2.23. The predicted octanol–water partition coefficient (Wildman–Crippen LogP) is 1.51. The van der Waals surface area contributed by atoms with E-state index >= 15 is 0 Å². The van der Waals surface area contributed by atoms with E-state index in [0.29, 0.717) is 11.1 Å². The van der Waals surface area contributed by atoms with Crippen LogP contribution in [0.25, 0.3) is 0 Å². The lowest BCUT2D eigenvalue weighted by Gasteiger charge is -2.22. The van der Waals surface area contributed by atoms with Gasteiger partial charge in [0.25, 0.3) is 0 Å². The molecule has 0 amide bonds. The largest absolute Gasteiger partial charge is 0.384 e. The van der Waals surface area contributed by atoms with Crippen molar-refractivity contribution >= 4 is 21.8 Å². The molecule has 1 heterocycles. The van der Waals surface area contributed by atoms with Gasteiger partial charge in [0.2, 0.25) is 10.0 Å². The van der Waals surface area contributed by atoms with Crippen LogP contribution >= 0.6 is 11.8 Å². The summed E-state index contributed by atoms with van der Waals surface area (Å²) in [5.74, 6) is 7.19. The van der Waals surface area contributed by atoms with Gasteiger partial charge in [0.15, 0.2) is 0 Å². The summed E-state index contributed by atoms with van der Waals surface area (Å²) >= 11 is 1.78. The van der Waals surface area contributed by atoms with E-state index in [0.717, 1.165) is 24.3 Å². The zero-order valence-corrected chi connectivity index (χ0v) is 13.6. The summed E-state index contributed by atoms with van der Waals surface area (Å²) in [6.07, 6.45) is 1.92. The SMILES string of the molecule is Cc1ccc(C#CCO)cc1S(=O)(=O)NC1CCCSC1. The summed E-state index contributed by atoms with van der Waals surface area (Å²) in [6, 6.07) is 5.07. The molecule has 1 unspecified atom stereocenters. The zero-order chi connectivity index (χ0) is 15.3. The second-order valence-corrected chi connectivity index (χ2v) is 7.81. The van der Waals surface area contributed by atoms with Gasteiger partial charge in [-0.15, -0.1) is 0 Å². The van der Waals surface area contributed by atoms with E-state index in [1.165, 1.54) is 0 Å². The number of thioether (sulfide) groups is 1. The predicted molar refractivity (Wildman–Crippen MR) is 85.8 cm³/mol. The van der Waals surface area contributed by atoms with Crippen molar-refractivity contribution in [2.45, 2.75) is 30.7 Å². The lowest BCUT2D eigenvalue weighted by atomic mass is 10.1. The standard InChI is InChI=1S/C15H19NO3S2/c1-12-6-7-13(4-2-8-17)10-15(12)21(18,19)16-14-5-3-9-20-11-14/h6-7,10,14,16-17H,3,5,8-9,11H2,1H3. The molecule has 0 aromatic heterocycles. The van der Waals surface area contributed by atoms with E-state index in [9.17, 15) is 8.42 Å². The number of aryl methyl sites for hydroxylation is 1. The molecular formula is C15H19NO3S2. The Morgan fingerprint density at radius 1 is 1.48 bits per heavy atom. The van der Waals surface area contributed by atoms with Crippen LogP contribution in [0.4, 0.5) is 0 Å². The average molecular weight is 325 g/mol. The Kier molecular flexibility index (Phi) is 5.71. The summed E-state index contributed by atoms with van der Waals surface area (Å²) in [7, 11) is -3.53. The Morgan fingerprint density at radius 2 is 2.29 bits per heavy atom. The van der Waals surface area contributed by atoms with Crippen LogP contribution in [0.5, 0.6) is 0 Å². The van der Waals surface area contributed by atoms with E-state index in [-0.39, 0.29) is 17.5 Å². The molecule has 0 bridgehead atoms. The van der Waals surface area contributed by atoms with Crippen molar-refractivity contribution in [1.29, 1.82) is 0 Å². The summed E-state index contributed by atoms with van der Waals surface area (Å²) < 4.78 is 27.8. The molecule has 4 nitrogen and oxygen atoms in total. The maximum atomic E-state index is 12.5. The van der Waals surface area contributed by atoms with Crippen LogP contribution in [-0.2, 0) is 10.0 Å². The summed E-state index contributed by atoms with van der Waals surface area (Å²) in [4.78, 5) is 0.266. The smallest absolute Gasteiger partial charge is 0.241 e. The molecule has 114 valence electrons. The van der Waals surface area contributed by atoms with Crippen LogP contribution in [0.1, 0.15) is 24.0 Å². The molecule has 1 aromatic rings. The Labute approximate surface area is 130 Å². The van der Waals surface area contributed by atoms with Gasteiger partial charge in [0.1, 0.15) is 6.61 Å². The number of sulfonamides is 1. The Balaban J connectivity index is 2.25. The van der Waals surface area contributed by atoms with Gasteiger partial charge in [-0.05, 0) is 43.2 Å². The maximum Gasteiger partial charge on any atom is 0.241 e. The summed E-state index contributed by atoms with van der Waals surface area (Å²) in [5, 5.41) is 8.72. The van der Waals surface area contributed by atoms with E-state index in [1.807, 2.05) is 0 Å². The Hall–Kier alpha value is -1.000. The molecule has 1 atom stereocenters. The van der Waals surface area contributed by atoms with E-state index < -0.39 is 10.0 Å². The second kappa shape index (κ2) is 7.32. The molecule has 0 spiro atoms. The van der Waals surface area contributed by atoms with Crippen molar-refractivity contribution in [2.24, 2.45) is 0 Å². The lowest BCUT2D eigenvalue weighted by molar-refractivity contribution is 0.350. The fraction of sp³-hybridized carbons (Fsp3) is 0.467. The van der Waals surface area contributed by atoms with Crippen LogP contribution in [0, 0.1) is 18.8 Å². The van der Waals surface area contributed by atoms with Gasteiger partial charge in [0, 0.05) is 17.4 Å². The third-order valence-corrected chi connectivity index (χ3v) is 6.15. The number of hydrogen-bond acceptors (Lipinski definition) is 4. The van der Waals surface area contributed by atoms with Crippen LogP contribution in [0.3, 0.4) is 0 Å². The highest BCUT2D eigenvalue weighted by molar-refractivity contribution is 7.99. The van der Waals surface area contributed by atoms with Crippen molar-refractivity contribution in [3.8, 4) is 11.8 Å². The Bertz CT molecular complexity index is 653. The quantitative estimate of drug-likeness (QED) is 0.827. The number of aliphatic hydroxyl groups excluding tert-OH is 1. The highest BCUT2D eigenvalue weighted by atomic mass is 32.2. The fourth-order valence-corrected chi connectivity index (χ4v) is 4.94. The van der Waals surface area contributed by atoms with Crippen LogP contribution in [0.2, 0.25) is 0 Å².